The molecule has 0 N–H and O–H groups in total. The molecular weight excluding hydrogens is 599 g/mol. The first-order valence-corrected chi connectivity index (χ1v) is 13.6. The number of carbonyl (C=O) groups is 4. The number of rotatable bonds is 12. The van der Waals surface area contributed by atoms with Gasteiger partial charge in [0, 0.05) is 0 Å². The minimum atomic E-state index is -1.38. The van der Waals surface area contributed by atoms with Crippen LogP contribution in [0.5, 0.6) is 5.75 Å². The number of imidazole rings is 1. The molecule has 0 saturated carbocycles. The fourth-order valence-electron chi connectivity index (χ4n) is 4.16. The van der Waals surface area contributed by atoms with Crippen molar-refractivity contribution in [1.82, 2.24) is 9.13 Å². The maximum atomic E-state index is 12.4. The van der Waals surface area contributed by atoms with Crippen LogP contribution in [0.25, 0.3) is 11.4 Å². The number of para-hydroxylation sites is 1. The Balaban J connectivity index is 2.28. The molecule has 0 aliphatic heterocycles. The number of esters is 4. The van der Waals surface area contributed by atoms with E-state index in [0.717, 1.165) is 12.6 Å². The summed E-state index contributed by atoms with van der Waals surface area (Å²) in [6.07, 6.45) is -2.26. The summed E-state index contributed by atoms with van der Waals surface area (Å²) < 4.78 is 31.7. The molecule has 0 fully saturated rings. The van der Waals surface area contributed by atoms with Gasteiger partial charge in [-0.2, -0.15) is 0 Å². The van der Waals surface area contributed by atoms with Gasteiger partial charge in [0.25, 0.3) is 0 Å². The van der Waals surface area contributed by atoms with Crippen LogP contribution in [-0.4, -0.2) is 74.0 Å². The van der Waals surface area contributed by atoms with Crippen LogP contribution in [0.15, 0.2) is 60.8 Å². The van der Waals surface area contributed by atoms with Crippen molar-refractivity contribution in [2.75, 3.05) is 13.2 Å². The van der Waals surface area contributed by atoms with E-state index >= 15 is 0 Å². The van der Waals surface area contributed by atoms with E-state index in [9.17, 15) is 19.2 Å². The molecule has 0 bridgehead atoms. The summed E-state index contributed by atoms with van der Waals surface area (Å²) >= 11 is 3.08. The molecule has 3 aromatic rings. The number of ether oxygens (including phenoxy) is 5. The third-order valence-electron chi connectivity index (χ3n) is 5.68. The topological polar surface area (TPSA) is 124 Å². The average molecular weight is 632 g/mol. The number of hydrogen-bond acceptors (Lipinski definition) is 9. The van der Waals surface area contributed by atoms with Crippen LogP contribution in [0.1, 0.15) is 46.4 Å². The predicted octanol–water partition coefficient (Wildman–Crippen LogP) is 3.40. The molecule has 0 radical (unpaired) electrons. The van der Waals surface area contributed by atoms with Crippen molar-refractivity contribution < 1.29 is 42.9 Å². The molecule has 3 rings (SSSR count). The molecule has 0 saturated heterocycles. The number of hydrogen-bond donors (Lipinski definition) is 0. The molecule has 11 nitrogen and oxygen atoms in total. The van der Waals surface area contributed by atoms with Gasteiger partial charge in [0.2, 0.25) is 0 Å². The zero-order valence-corrected chi connectivity index (χ0v) is 25.1. The summed E-state index contributed by atoms with van der Waals surface area (Å²) in [5.74, 6) is -2.07. The number of nitrogens with zero attached hydrogens (tertiary/aromatic N) is 2. The van der Waals surface area contributed by atoms with Crippen molar-refractivity contribution in [3.8, 4) is 17.1 Å². The van der Waals surface area contributed by atoms with Crippen LogP contribution in [0.2, 0.25) is 0 Å². The minimum absolute atomic E-state index is 0.375. The second kappa shape index (κ2) is 14.5. The summed E-state index contributed by atoms with van der Waals surface area (Å²) in [6.45, 7) is 6.71. The van der Waals surface area contributed by atoms with Crippen LogP contribution in [0.3, 0.4) is 0 Å². The van der Waals surface area contributed by atoms with E-state index in [1.165, 1.54) is 20.8 Å². The summed E-state index contributed by atoms with van der Waals surface area (Å²) in [4.78, 5) is 48.4. The van der Waals surface area contributed by atoms with Gasteiger partial charge in [0.05, 0.1) is 0 Å². The summed E-state index contributed by atoms with van der Waals surface area (Å²) in [7, 11) is 0. The Morgan fingerprint density at radius 2 is 1.39 bits per heavy atom. The van der Waals surface area contributed by atoms with Crippen molar-refractivity contribution in [2.24, 2.45) is 0 Å². The molecule has 0 amide bonds. The van der Waals surface area contributed by atoms with E-state index in [1.54, 1.807) is 10.8 Å². The van der Waals surface area contributed by atoms with E-state index in [4.69, 9.17) is 23.7 Å². The molecule has 41 heavy (non-hydrogen) atoms. The molecule has 12 heteroatoms. The third kappa shape index (κ3) is 8.42. The standard InChI is InChI=1S/C29H32N2O9Se/c1-6-36-24-14-12-22(13-15-24)30-16-25(31(29(30)41)23-10-8-7-9-11-23)27(39-20(4)34)28(40-21(5)35)26(38-19(3)33)17-37-18(2)32/h7-16,26-28H,6,17H2,1-5H3/t26-,27-,28-/m1/s1. The fourth-order valence-corrected chi connectivity index (χ4v) is 4.94. The number of aromatic nitrogens is 2. The Kier molecular flexibility index (Phi) is 11.1. The van der Waals surface area contributed by atoms with Crippen LogP contribution in [-0.2, 0) is 38.1 Å². The molecule has 0 spiro atoms. The SMILES string of the molecule is CCOc1ccc(-n2cc([C@@H](OC(C)=O)[C@H](OC(C)=O)[C@@H](COC(C)=O)OC(C)=O)n(-c3ccccc3)c2=[Se])cc1. The van der Waals surface area contributed by atoms with Crippen LogP contribution >= 0.6 is 0 Å². The summed E-state index contributed by atoms with van der Waals surface area (Å²) in [5.41, 5.74) is 1.82. The first-order chi connectivity index (χ1) is 19.5. The van der Waals surface area contributed by atoms with Gasteiger partial charge < -0.3 is 0 Å². The molecule has 218 valence electrons. The first kappa shape index (κ1) is 31.4. The van der Waals surface area contributed by atoms with Gasteiger partial charge in [-0.25, -0.2) is 0 Å². The van der Waals surface area contributed by atoms with Crippen molar-refractivity contribution in [3.63, 3.8) is 0 Å². The van der Waals surface area contributed by atoms with Gasteiger partial charge in [-0.3, -0.25) is 0 Å². The maximum absolute atomic E-state index is 12.4. The van der Waals surface area contributed by atoms with E-state index in [1.807, 2.05) is 66.1 Å². The van der Waals surface area contributed by atoms with E-state index < -0.39 is 48.8 Å². The van der Waals surface area contributed by atoms with E-state index in [0.29, 0.717) is 28.1 Å². The van der Waals surface area contributed by atoms with Crippen LogP contribution < -0.4 is 4.74 Å². The van der Waals surface area contributed by atoms with E-state index in [2.05, 4.69) is 15.6 Å². The molecule has 0 aliphatic rings. The zero-order valence-electron chi connectivity index (χ0n) is 23.4. The van der Waals surface area contributed by atoms with Gasteiger partial charge in [0.15, 0.2) is 0 Å². The molecule has 0 aliphatic carbocycles. The van der Waals surface area contributed by atoms with Crippen molar-refractivity contribution in [3.05, 3.63) is 70.8 Å². The van der Waals surface area contributed by atoms with Crippen LogP contribution in [0.4, 0.5) is 0 Å². The molecule has 1 heterocycles. The number of carbonyl (C=O) groups excluding carboxylic acids is 4. The van der Waals surface area contributed by atoms with Gasteiger partial charge >= 0.3 is 246 Å². The summed E-state index contributed by atoms with van der Waals surface area (Å²) in [6, 6.07) is 16.6. The molecule has 3 atom stereocenters. The Morgan fingerprint density at radius 3 is 1.93 bits per heavy atom. The summed E-state index contributed by atoms with van der Waals surface area (Å²) in [5, 5.41) is 0. The Labute approximate surface area is 245 Å². The van der Waals surface area contributed by atoms with Crippen LogP contribution in [0, 0.1) is 4.32 Å². The Bertz CT molecular complexity index is 1430. The molecule has 0 unspecified atom stereocenters. The third-order valence-corrected chi connectivity index (χ3v) is 6.47. The number of benzene rings is 2. The predicted molar refractivity (Wildman–Crippen MR) is 148 cm³/mol. The van der Waals surface area contributed by atoms with E-state index in [-0.39, 0.29) is 0 Å². The van der Waals surface area contributed by atoms with Crippen molar-refractivity contribution in [1.29, 1.82) is 0 Å². The first-order valence-electron chi connectivity index (χ1n) is 12.8. The molecule has 2 aromatic carbocycles. The van der Waals surface area contributed by atoms with Gasteiger partial charge in [-0.05, 0) is 0 Å². The van der Waals surface area contributed by atoms with Gasteiger partial charge in [-0.1, -0.05) is 0 Å². The fraction of sp³-hybridized carbons (Fsp3) is 0.345. The second-order valence-corrected chi connectivity index (χ2v) is 9.63. The van der Waals surface area contributed by atoms with Gasteiger partial charge in [0.1, 0.15) is 0 Å². The quantitative estimate of drug-likeness (QED) is 0.168. The second-order valence-electron chi connectivity index (χ2n) is 8.86. The normalized spacial score (nSPS) is 12.9. The molecule has 1 aromatic heterocycles. The monoisotopic (exact) mass is 632 g/mol. The Hall–Kier alpha value is -4.15. The zero-order chi connectivity index (χ0) is 30.1. The Morgan fingerprint density at radius 1 is 0.780 bits per heavy atom. The van der Waals surface area contributed by atoms with Gasteiger partial charge in [-0.15, -0.1) is 0 Å². The molecular formula is C29H32N2O9Se. The van der Waals surface area contributed by atoms with Crippen molar-refractivity contribution in [2.45, 2.75) is 52.9 Å². The average Bonchev–Trinajstić information content (AvgIpc) is 3.25. The van der Waals surface area contributed by atoms with Crippen molar-refractivity contribution >= 4 is 39.5 Å².